The van der Waals surface area contributed by atoms with E-state index in [1.165, 1.54) is 20.0 Å². The van der Waals surface area contributed by atoms with Gasteiger partial charge in [-0.1, -0.05) is 11.6 Å². The Kier molecular flexibility index (Phi) is 4.50. The van der Waals surface area contributed by atoms with E-state index in [1.807, 2.05) is 26.0 Å². The van der Waals surface area contributed by atoms with Gasteiger partial charge in [-0.15, -0.1) is 0 Å². The van der Waals surface area contributed by atoms with Crippen LogP contribution in [0.4, 0.5) is 5.69 Å². The van der Waals surface area contributed by atoms with E-state index >= 15 is 0 Å². The van der Waals surface area contributed by atoms with Crippen molar-refractivity contribution in [2.45, 2.75) is 33.5 Å². The van der Waals surface area contributed by atoms with E-state index in [9.17, 15) is 9.59 Å². The number of carbonyl (C=O) groups excluding carboxylic acids is 2. The molecule has 7 nitrogen and oxygen atoms in total. The lowest BCUT2D eigenvalue weighted by molar-refractivity contribution is -0.222. The first kappa shape index (κ1) is 18.0. The summed E-state index contributed by atoms with van der Waals surface area (Å²) in [6.07, 6.45) is 1.27. The van der Waals surface area contributed by atoms with E-state index in [4.69, 9.17) is 21.1 Å². The molecular formula is C18H18ClN3O4. The zero-order valence-corrected chi connectivity index (χ0v) is 15.5. The molecule has 0 spiro atoms. The zero-order valence-electron chi connectivity index (χ0n) is 14.8. The summed E-state index contributed by atoms with van der Waals surface area (Å²) >= 11 is 6.17. The summed E-state index contributed by atoms with van der Waals surface area (Å²) in [5, 5.41) is 7.92. The molecule has 0 unspecified atom stereocenters. The van der Waals surface area contributed by atoms with Crippen molar-refractivity contribution < 1.29 is 19.1 Å². The zero-order chi connectivity index (χ0) is 19.1. The molecule has 1 aliphatic rings. The molecule has 0 radical (unpaired) electrons. The maximum atomic E-state index is 11.9. The Labute approximate surface area is 155 Å². The lowest BCUT2D eigenvalue weighted by Crippen LogP contribution is -2.42. The maximum Gasteiger partial charge on any atom is 0.350 e. The molecule has 2 aromatic rings. The molecule has 1 fully saturated rings. The second kappa shape index (κ2) is 6.49. The number of aromatic nitrogens is 2. The molecule has 0 amide bonds. The predicted octanol–water partition coefficient (Wildman–Crippen LogP) is 3.27. The van der Waals surface area contributed by atoms with E-state index < -0.39 is 17.7 Å². The van der Waals surface area contributed by atoms with Gasteiger partial charge < -0.3 is 14.8 Å². The van der Waals surface area contributed by atoms with Gasteiger partial charge in [-0.05, 0) is 38.1 Å². The van der Waals surface area contributed by atoms with E-state index in [0.29, 0.717) is 10.7 Å². The van der Waals surface area contributed by atoms with Gasteiger partial charge in [0.2, 0.25) is 0 Å². The van der Waals surface area contributed by atoms with Crippen molar-refractivity contribution >= 4 is 29.2 Å². The van der Waals surface area contributed by atoms with E-state index in [0.717, 1.165) is 17.1 Å². The number of rotatable bonds is 3. The summed E-state index contributed by atoms with van der Waals surface area (Å²) in [4.78, 5) is 23.8. The van der Waals surface area contributed by atoms with Crippen molar-refractivity contribution in [1.29, 1.82) is 0 Å². The molecule has 136 valence electrons. The van der Waals surface area contributed by atoms with Crippen LogP contribution < -0.4 is 5.32 Å². The minimum Gasteiger partial charge on any atom is -0.419 e. The third kappa shape index (κ3) is 3.43. The number of aryl methyl sites for hydroxylation is 1. The van der Waals surface area contributed by atoms with Crippen LogP contribution in [0.5, 0.6) is 0 Å². The SMILES string of the molecule is Cc1nn(-c2ccc(NC=C3C(=O)OC(C)(C)OC3=O)cc2)c(C)c1Cl. The first-order chi connectivity index (χ1) is 12.2. The van der Waals surface area contributed by atoms with Gasteiger partial charge in [-0.2, -0.15) is 5.10 Å². The first-order valence-corrected chi connectivity index (χ1v) is 8.31. The standard InChI is InChI=1S/C18H18ClN3O4/c1-10-15(19)11(2)22(21-10)13-7-5-12(6-8-13)20-9-14-16(23)25-18(3,4)26-17(14)24/h5-9,20H,1-4H3. The molecule has 1 N–H and O–H groups in total. The van der Waals surface area contributed by atoms with Gasteiger partial charge in [0, 0.05) is 25.7 Å². The Bertz CT molecular complexity index is 891. The summed E-state index contributed by atoms with van der Waals surface area (Å²) in [6.45, 7) is 6.73. The Morgan fingerprint density at radius 1 is 1.12 bits per heavy atom. The highest BCUT2D eigenvalue weighted by molar-refractivity contribution is 6.31. The summed E-state index contributed by atoms with van der Waals surface area (Å²) in [6, 6.07) is 7.27. The molecule has 0 bridgehead atoms. The highest BCUT2D eigenvalue weighted by Crippen LogP contribution is 2.24. The molecule has 0 aliphatic carbocycles. The van der Waals surface area contributed by atoms with E-state index in [1.54, 1.807) is 16.8 Å². The number of nitrogens with zero attached hydrogens (tertiary/aromatic N) is 2. The number of esters is 2. The van der Waals surface area contributed by atoms with Gasteiger partial charge in [0.15, 0.2) is 5.57 Å². The molecule has 1 aromatic heterocycles. The average molecular weight is 376 g/mol. The number of nitrogens with one attached hydrogen (secondary N) is 1. The number of hydrogen-bond donors (Lipinski definition) is 1. The smallest absolute Gasteiger partial charge is 0.350 e. The second-order valence-corrected chi connectivity index (χ2v) is 6.70. The summed E-state index contributed by atoms with van der Waals surface area (Å²) in [5.41, 5.74) is 2.93. The summed E-state index contributed by atoms with van der Waals surface area (Å²) in [5.74, 6) is -2.71. The molecule has 0 saturated carbocycles. The highest BCUT2D eigenvalue weighted by Gasteiger charge is 2.38. The molecule has 3 rings (SSSR count). The summed E-state index contributed by atoms with van der Waals surface area (Å²) in [7, 11) is 0. The van der Waals surface area contributed by atoms with E-state index in [-0.39, 0.29) is 5.57 Å². The molecule has 1 aliphatic heterocycles. The van der Waals surface area contributed by atoms with Crippen molar-refractivity contribution in [2.24, 2.45) is 0 Å². The monoisotopic (exact) mass is 375 g/mol. The lowest BCUT2D eigenvalue weighted by atomic mass is 10.2. The molecule has 8 heteroatoms. The van der Waals surface area contributed by atoms with Gasteiger partial charge in [-0.3, -0.25) is 0 Å². The quantitative estimate of drug-likeness (QED) is 0.503. The van der Waals surface area contributed by atoms with Crippen LogP contribution in [0, 0.1) is 13.8 Å². The number of hydrogen-bond acceptors (Lipinski definition) is 6. The van der Waals surface area contributed by atoms with Crippen LogP contribution in [0.2, 0.25) is 5.02 Å². The fraction of sp³-hybridized carbons (Fsp3) is 0.278. The molecule has 1 aromatic carbocycles. The molecule has 26 heavy (non-hydrogen) atoms. The van der Waals surface area contributed by atoms with Gasteiger partial charge >= 0.3 is 11.9 Å². The van der Waals surface area contributed by atoms with Crippen LogP contribution in [-0.4, -0.2) is 27.5 Å². The van der Waals surface area contributed by atoms with Crippen molar-refractivity contribution in [2.75, 3.05) is 5.32 Å². The highest BCUT2D eigenvalue weighted by atomic mass is 35.5. The van der Waals surface area contributed by atoms with Crippen molar-refractivity contribution in [1.82, 2.24) is 9.78 Å². The largest absolute Gasteiger partial charge is 0.419 e. The number of benzene rings is 1. The topological polar surface area (TPSA) is 82.5 Å². The minimum atomic E-state index is -1.26. The third-order valence-electron chi connectivity index (χ3n) is 3.81. The molecular weight excluding hydrogens is 358 g/mol. The number of cyclic esters (lactones) is 2. The lowest BCUT2D eigenvalue weighted by Gasteiger charge is -2.29. The van der Waals surface area contributed by atoms with Gasteiger partial charge in [0.05, 0.1) is 22.1 Å². The fourth-order valence-corrected chi connectivity index (χ4v) is 2.63. The minimum absolute atomic E-state index is 0.196. The van der Waals surface area contributed by atoms with E-state index in [2.05, 4.69) is 10.4 Å². The first-order valence-electron chi connectivity index (χ1n) is 7.93. The van der Waals surface area contributed by atoms with Crippen molar-refractivity contribution in [3.8, 4) is 5.69 Å². The Morgan fingerprint density at radius 2 is 1.69 bits per heavy atom. The van der Waals surface area contributed by atoms with Crippen LogP contribution in [0.15, 0.2) is 36.0 Å². The predicted molar refractivity (Wildman–Crippen MR) is 96.0 cm³/mol. The molecule has 2 heterocycles. The fourth-order valence-electron chi connectivity index (χ4n) is 2.51. The summed E-state index contributed by atoms with van der Waals surface area (Å²) < 4.78 is 11.8. The van der Waals surface area contributed by atoms with Crippen molar-refractivity contribution in [3.05, 3.63) is 52.4 Å². The van der Waals surface area contributed by atoms with Crippen LogP contribution in [0.3, 0.4) is 0 Å². The van der Waals surface area contributed by atoms with Crippen LogP contribution in [-0.2, 0) is 19.1 Å². The Hall–Kier alpha value is -2.80. The number of ether oxygens (including phenoxy) is 2. The van der Waals surface area contributed by atoms with Crippen LogP contribution >= 0.6 is 11.6 Å². The Morgan fingerprint density at radius 3 is 2.19 bits per heavy atom. The molecule has 1 saturated heterocycles. The number of halogens is 1. The van der Waals surface area contributed by atoms with Crippen LogP contribution in [0.1, 0.15) is 25.2 Å². The van der Waals surface area contributed by atoms with Gasteiger partial charge in [0.1, 0.15) is 0 Å². The van der Waals surface area contributed by atoms with Crippen LogP contribution in [0.25, 0.3) is 5.69 Å². The maximum absolute atomic E-state index is 11.9. The van der Waals surface area contributed by atoms with Gasteiger partial charge in [0.25, 0.3) is 5.79 Å². The Balaban J connectivity index is 1.77. The third-order valence-corrected chi connectivity index (χ3v) is 4.36. The van der Waals surface area contributed by atoms with Crippen molar-refractivity contribution in [3.63, 3.8) is 0 Å². The second-order valence-electron chi connectivity index (χ2n) is 6.32. The molecule has 0 atom stereocenters. The van der Waals surface area contributed by atoms with Gasteiger partial charge in [-0.25, -0.2) is 14.3 Å². The number of anilines is 1. The number of carbonyl (C=O) groups is 2. The average Bonchev–Trinajstić information content (AvgIpc) is 2.81. The normalized spacial score (nSPS) is 16.1.